The van der Waals surface area contributed by atoms with Crippen LogP contribution >= 0.6 is 0 Å². The number of halogens is 1. The Kier molecular flexibility index (Phi) is 4.08. The molecule has 0 aromatic heterocycles. The SMILES string of the molecule is CC1CC(C)CC(NC(=O)c2ccc(O)cc2F)C1. The third-order valence-corrected chi connectivity index (χ3v) is 3.71. The molecule has 1 aromatic rings. The number of hydrogen-bond donors (Lipinski definition) is 2. The topological polar surface area (TPSA) is 49.3 Å². The second kappa shape index (κ2) is 5.59. The summed E-state index contributed by atoms with van der Waals surface area (Å²) in [6.45, 7) is 4.35. The molecule has 0 radical (unpaired) electrons. The Labute approximate surface area is 112 Å². The van der Waals surface area contributed by atoms with E-state index in [-0.39, 0.29) is 17.4 Å². The molecule has 2 rings (SSSR count). The number of aromatic hydroxyl groups is 1. The molecule has 1 aromatic carbocycles. The monoisotopic (exact) mass is 265 g/mol. The van der Waals surface area contributed by atoms with Crippen LogP contribution in [0.3, 0.4) is 0 Å². The van der Waals surface area contributed by atoms with Crippen LogP contribution in [0.2, 0.25) is 0 Å². The fraction of sp³-hybridized carbons (Fsp3) is 0.533. The molecule has 0 aliphatic heterocycles. The fourth-order valence-corrected chi connectivity index (χ4v) is 3.02. The van der Waals surface area contributed by atoms with E-state index in [0.717, 1.165) is 18.9 Å². The van der Waals surface area contributed by atoms with Gasteiger partial charge in [-0.25, -0.2) is 4.39 Å². The number of amides is 1. The molecule has 2 atom stereocenters. The zero-order valence-corrected chi connectivity index (χ0v) is 11.3. The van der Waals surface area contributed by atoms with Crippen molar-refractivity contribution in [3.05, 3.63) is 29.6 Å². The standard InChI is InChI=1S/C15H20FNO2/c1-9-5-10(2)7-11(6-9)17-15(19)13-4-3-12(18)8-14(13)16/h3-4,8-11,18H,5-7H2,1-2H3,(H,17,19). The van der Waals surface area contributed by atoms with E-state index in [1.807, 2.05) is 0 Å². The molecule has 104 valence electrons. The van der Waals surface area contributed by atoms with E-state index in [1.165, 1.54) is 18.6 Å². The number of phenols is 1. The van der Waals surface area contributed by atoms with Crippen LogP contribution < -0.4 is 5.32 Å². The molecule has 1 amide bonds. The van der Waals surface area contributed by atoms with E-state index < -0.39 is 11.7 Å². The predicted octanol–water partition coefficient (Wildman–Crippen LogP) is 3.09. The van der Waals surface area contributed by atoms with Gasteiger partial charge in [-0.05, 0) is 43.2 Å². The van der Waals surface area contributed by atoms with Crippen molar-refractivity contribution in [3.8, 4) is 5.75 Å². The number of phenolic OH excluding ortho intramolecular Hbond substituents is 1. The molecule has 3 nitrogen and oxygen atoms in total. The van der Waals surface area contributed by atoms with Gasteiger partial charge in [-0.3, -0.25) is 4.79 Å². The Morgan fingerprint density at radius 1 is 1.26 bits per heavy atom. The molecule has 0 bridgehead atoms. The Morgan fingerprint density at radius 3 is 2.47 bits per heavy atom. The maximum Gasteiger partial charge on any atom is 0.254 e. The number of hydrogen-bond acceptors (Lipinski definition) is 2. The molecule has 1 aliphatic carbocycles. The fourth-order valence-electron chi connectivity index (χ4n) is 3.02. The second-order valence-corrected chi connectivity index (χ2v) is 5.75. The second-order valence-electron chi connectivity index (χ2n) is 5.75. The minimum Gasteiger partial charge on any atom is -0.508 e. The van der Waals surface area contributed by atoms with Crippen molar-refractivity contribution in [2.75, 3.05) is 0 Å². The highest BCUT2D eigenvalue weighted by atomic mass is 19.1. The summed E-state index contributed by atoms with van der Waals surface area (Å²) in [6.07, 6.45) is 3.06. The van der Waals surface area contributed by atoms with Gasteiger partial charge in [0.2, 0.25) is 0 Å². The summed E-state index contributed by atoms with van der Waals surface area (Å²) in [7, 11) is 0. The average Bonchev–Trinajstić information content (AvgIpc) is 2.26. The van der Waals surface area contributed by atoms with Crippen LogP contribution in [0.25, 0.3) is 0 Å². The van der Waals surface area contributed by atoms with Gasteiger partial charge in [0, 0.05) is 12.1 Å². The molecule has 2 unspecified atom stereocenters. The average molecular weight is 265 g/mol. The Hall–Kier alpha value is -1.58. The molecule has 4 heteroatoms. The minimum absolute atomic E-state index is 0.0105. The van der Waals surface area contributed by atoms with E-state index >= 15 is 0 Å². The smallest absolute Gasteiger partial charge is 0.254 e. The lowest BCUT2D eigenvalue weighted by molar-refractivity contribution is 0.0907. The minimum atomic E-state index is -0.686. The summed E-state index contributed by atoms with van der Waals surface area (Å²) in [5.41, 5.74) is -0.0105. The van der Waals surface area contributed by atoms with Gasteiger partial charge in [0.15, 0.2) is 0 Å². The van der Waals surface area contributed by atoms with Gasteiger partial charge >= 0.3 is 0 Å². The van der Waals surface area contributed by atoms with E-state index in [0.29, 0.717) is 11.8 Å². The molecule has 1 aliphatic rings. The molecule has 19 heavy (non-hydrogen) atoms. The highest BCUT2D eigenvalue weighted by molar-refractivity contribution is 5.94. The molecular formula is C15H20FNO2. The van der Waals surface area contributed by atoms with E-state index in [1.54, 1.807) is 0 Å². The van der Waals surface area contributed by atoms with Crippen molar-refractivity contribution in [2.24, 2.45) is 11.8 Å². The maximum absolute atomic E-state index is 13.6. The van der Waals surface area contributed by atoms with Crippen molar-refractivity contribution >= 4 is 5.91 Å². The molecular weight excluding hydrogens is 245 g/mol. The van der Waals surface area contributed by atoms with Crippen LogP contribution in [-0.2, 0) is 0 Å². The van der Waals surface area contributed by atoms with Crippen LogP contribution in [0.5, 0.6) is 5.75 Å². The van der Waals surface area contributed by atoms with E-state index in [2.05, 4.69) is 19.2 Å². The number of benzene rings is 1. The van der Waals surface area contributed by atoms with Crippen LogP contribution in [0, 0.1) is 17.7 Å². The zero-order chi connectivity index (χ0) is 14.0. The number of carbonyl (C=O) groups is 1. The van der Waals surface area contributed by atoms with Crippen molar-refractivity contribution in [1.29, 1.82) is 0 Å². The first-order valence-corrected chi connectivity index (χ1v) is 6.75. The highest BCUT2D eigenvalue weighted by Crippen LogP contribution is 2.28. The lowest BCUT2D eigenvalue weighted by Crippen LogP contribution is -2.40. The van der Waals surface area contributed by atoms with Gasteiger partial charge in [-0.2, -0.15) is 0 Å². The Balaban J connectivity index is 2.04. The molecule has 2 N–H and O–H groups in total. The number of nitrogens with one attached hydrogen (secondary N) is 1. The quantitative estimate of drug-likeness (QED) is 0.863. The van der Waals surface area contributed by atoms with Gasteiger partial charge in [-0.1, -0.05) is 13.8 Å². The molecule has 1 saturated carbocycles. The molecule has 0 spiro atoms. The van der Waals surface area contributed by atoms with Crippen molar-refractivity contribution < 1.29 is 14.3 Å². The summed E-state index contributed by atoms with van der Waals surface area (Å²) < 4.78 is 13.6. The number of rotatable bonds is 2. The lowest BCUT2D eigenvalue weighted by Gasteiger charge is -2.32. The number of carbonyl (C=O) groups excluding carboxylic acids is 1. The van der Waals surface area contributed by atoms with Crippen LogP contribution in [0.15, 0.2) is 18.2 Å². The maximum atomic E-state index is 13.6. The molecule has 0 heterocycles. The van der Waals surface area contributed by atoms with E-state index in [4.69, 9.17) is 5.11 Å². The summed E-state index contributed by atoms with van der Waals surface area (Å²) in [4.78, 5) is 12.0. The Bertz CT molecular complexity index is 465. The van der Waals surface area contributed by atoms with E-state index in [9.17, 15) is 9.18 Å². The zero-order valence-electron chi connectivity index (χ0n) is 11.3. The molecule has 0 saturated heterocycles. The van der Waals surface area contributed by atoms with Crippen molar-refractivity contribution in [3.63, 3.8) is 0 Å². The first kappa shape index (κ1) is 13.8. The Morgan fingerprint density at radius 2 is 1.89 bits per heavy atom. The van der Waals surface area contributed by atoms with Gasteiger partial charge in [0.05, 0.1) is 5.56 Å². The summed E-state index contributed by atoms with van der Waals surface area (Å²) in [6, 6.07) is 3.71. The van der Waals surface area contributed by atoms with Crippen molar-refractivity contribution in [1.82, 2.24) is 5.32 Å². The first-order valence-electron chi connectivity index (χ1n) is 6.75. The van der Waals surface area contributed by atoms with Crippen LogP contribution in [0.1, 0.15) is 43.5 Å². The van der Waals surface area contributed by atoms with Gasteiger partial charge in [0.1, 0.15) is 11.6 Å². The largest absolute Gasteiger partial charge is 0.508 e. The van der Waals surface area contributed by atoms with Crippen molar-refractivity contribution in [2.45, 2.75) is 39.2 Å². The van der Waals surface area contributed by atoms with Gasteiger partial charge in [0.25, 0.3) is 5.91 Å². The van der Waals surface area contributed by atoms with Crippen LogP contribution in [-0.4, -0.2) is 17.1 Å². The highest BCUT2D eigenvalue weighted by Gasteiger charge is 2.26. The van der Waals surface area contributed by atoms with Gasteiger partial charge in [-0.15, -0.1) is 0 Å². The third-order valence-electron chi connectivity index (χ3n) is 3.71. The van der Waals surface area contributed by atoms with Crippen LogP contribution in [0.4, 0.5) is 4.39 Å². The lowest BCUT2D eigenvalue weighted by atomic mass is 9.80. The predicted molar refractivity (Wildman–Crippen MR) is 71.5 cm³/mol. The molecule has 1 fully saturated rings. The first-order chi connectivity index (χ1) is 8.95. The summed E-state index contributed by atoms with van der Waals surface area (Å²) >= 11 is 0. The summed E-state index contributed by atoms with van der Waals surface area (Å²) in [5, 5.41) is 12.0. The summed E-state index contributed by atoms with van der Waals surface area (Å²) in [5.74, 6) is -0.0930. The van der Waals surface area contributed by atoms with Gasteiger partial charge < -0.3 is 10.4 Å². The third kappa shape index (κ3) is 3.46. The normalized spacial score (nSPS) is 27.0.